The maximum Gasteiger partial charge on any atom is 0.243 e. The van der Waals surface area contributed by atoms with Crippen molar-refractivity contribution in [3.8, 4) is 0 Å². The Morgan fingerprint density at radius 2 is 1.59 bits per heavy atom. The summed E-state index contributed by atoms with van der Waals surface area (Å²) in [6.07, 6.45) is 4.14. The Labute approximate surface area is 189 Å². The van der Waals surface area contributed by atoms with Crippen molar-refractivity contribution in [1.29, 1.82) is 0 Å². The fourth-order valence-electron chi connectivity index (χ4n) is 4.50. The van der Waals surface area contributed by atoms with Gasteiger partial charge >= 0.3 is 0 Å². The van der Waals surface area contributed by atoms with Crippen LogP contribution in [-0.2, 0) is 24.7 Å². The van der Waals surface area contributed by atoms with Crippen LogP contribution in [0.3, 0.4) is 0 Å². The molecule has 0 radical (unpaired) electrons. The number of sulfonamides is 1. The number of hydrogen-bond acceptors (Lipinski definition) is 5. The van der Waals surface area contributed by atoms with Gasteiger partial charge in [0.25, 0.3) is 0 Å². The second-order valence-corrected chi connectivity index (χ2v) is 12.7. The van der Waals surface area contributed by atoms with Crippen LogP contribution in [0.4, 0.5) is 5.69 Å². The lowest BCUT2D eigenvalue weighted by atomic mass is 10.2. The summed E-state index contributed by atoms with van der Waals surface area (Å²) in [4.78, 5) is 13.4. The first kappa shape index (κ1) is 22.9. The van der Waals surface area contributed by atoms with Crippen molar-refractivity contribution in [1.82, 2.24) is 4.31 Å². The van der Waals surface area contributed by atoms with Gasteiger partial charge in [-0.15, -0.1) is 0 Å². The highest BCUT2D eigenvalue weighted by molar-refractivity contribution is 7.92. The molecule has 2 aliphatic rings. The number of aryl methyl sites for hydroxylation is 1. The molecular formula is C23H28N2O5S2. The number of carbonyl (C=O) groups is 1. The van der Waals surface area contributed by atoms with E-state index in [0.29, 0.717) is 31.4 Å². The molecule has 0 spiro atoms. The molecule has 0 bridgehead atoms. The third-order valence-corrected chi connectivity index (χ3v) is 10.5. The quantitative estimate of drug-likeness (QED) is 0.688. The summed E-state index contributed by atoms with van der Waals surface area (Å²) in [5, 5.41) is 2.36. The SMILES string of the molecule is Cc1ccc(S(=O)(=O)N2CCC[C@H]2C(=O)Nc2cccc(S(=O)(=O)C3CCCC3)c2)cc1. The van der Waals surface area contributed by atoms with E-state index in [-0.39, 0.29) is 21.6 Å². The van der Waals surface area contributed by atoms with Gasteiger partial charge in [0, 0.05) is 12.2 Å². The van der Waals surface area contributed by atoms with Gasteiger partial charge in [0.2, 0.25) is 15.9 Å². The first-order valence-electron chi connectivity index (χ1n) is 10.9. The number of hydrogen-bond donors (Lipinski definition) is 1. The van der Waals surface area contributed by atoms with Crippen LogP contribution in [0.2, 0.25) is 0 Å². The Kier molecular flexibility index (Phi) is 6.42. The predicted molar refractivity (Wildman–Crippen MR) is 123 cm³/mol. The number of nitrogens with zero attached hydrogens (tertiary/aromatic N) is 1. The Morgan fingerprint density at radius 1 is 0.906 bits per heavy atom. The smallest absolute Gasteiger partial charge is 0.243 e. The van der Waals surface area contributed by atoms with Crippen LogP contribution >= 0.6 is 0 Å². The van der Waals surface area contributed by atoms with Gasteiger partial charge in [-0.25, -0.2) is 16.8 Å². The fourth-order valence-corrected chi connectivity index (χ4v) is 8.06. The third kappa shape index (κ3) is 4.46. The van der Waals surface area contributed by atoms with E-state index in [9.17, 15) is 21.6 Å². The Bertz CT molecular complexity index is 1200. The molecule has 2 aromatic carbocycles. The first-order chi connectivity index (χ1) is 15.2. The Balaban J connectivity index is 1.53. The van der Waals surface area contributed by atoms with Crippen LogP contribution in [0, 0.1) is 6.92 Å². The van der Waals surface area contributed by atoms with Crippen molar-refractivity contribution in [2.75, 3.05) is 11.9 Å². The molecule has 1 aliphatic carbocycles. The summed E-state index contributed by atoms with van der Waals surface area (Å²) in [5.41, 5.74) is 1.31. The van der Waals surface area contributed by atoms with E-state index in [1.807, 2.05) is 6.92 Å². The lowest BCUT2D eigenvalue weighted by molar-refractivity contribution is -0.119. The van der Waals surface area contributed by atoms with Crippen molar-refractivity contribution < 1.29 is 21.6 Å². The second-order valence-electron chi connectivity index (χ2n) is 8.56. The van der Waals surface area contributed by atoms with Crippen molar-refractivity contribution in [2.24, 2.45) is 0 Å². The highest BCUT2D eigenvalue weighted by atomic mass is 32.2. The van der Waals surface area contributed by atoms with E-state index in [4.69, 9.17) is 0 Å². The molecule has 1 aliphatic heterocycles. The van der Waals surface area contributed by atoms with Crippen molar-refractivity contribution in [3.05, 3.63) is 54.1 Å². The summed E-state index contributed by atoms with van der Waals surface area (Å²) in [6.45, 7) is 2.15. The molecule has 9 heteroatoms. The van der Waals surface area contributed by atoms with Gasteiger partial charge in [-0.2, -0.15) is 4.31 Å². The highest BCUT2D eigenvalue weighted by Crippen LogP contribution is 2.31. The maximum atomic E-state index is 13.1. The zero-order chi connectivity index (χ0) is 22.9. The number of nitrogens with one attached hydrogen (secondary N) is 1. The van der Waals surface area contributed by atoms with Gasteiger partial charge in [0.15, 0.2) is 9.84 Å². The number of sulfone groups is 1. The minimum Gasteiger partial charge on any atom is -0.325 e. The van der Waals surface area contributed by atoms with Gasteiger partial charge in [0.1, 0.15) is 6.04 Å². The average molecular weight is 477 g/mol. The second kappa shape index (κ2) is 8.96. The summed E-state index contributed by atoms with van der Waals surface area (Å²) in [7, 11) is -7.26. The van der Waals surface area contributed by atoms with Crippen LogP contribution in [0.1, 0.15) is 44.1 Å². The molecule has 1 saturated heterocycles. The molecule has 172 valence electrons. The monoisotopic (exact) mass is 476 g/mol. The fraction of sp³-hybridized carbons (Fsp3) is 0.435. The third-order valence-electron chi connectivity index (χ3n) is 6.31. The summed E-state index contributed by atoms with van der Waals surface area (Å²) >= 11 is 0. The van der Waals surface area contributed by atoms with Crippen molar-refractivity contribution >= 4 is 31.5 Å². The van der Waals surface area contributed by atoms with E-state index in [0.717, 1.165) is 18.4 Å². The zero-order valence-electron chi connectivity index (χ0n) is 18.0. The van der Waals surface area contributed by atoms with Gasteiger partial charge in [-0.1, -0.05) is 36.6 Å². The van der Waals surface area contributed by atoms with Crippen molar-refractivity contribution in [2.45, 2.75) is 66.5 Å². The molecule has 1 saturated carbocycles. The summed E-state index contributed by atoms with van der Waals surface area (Å²) < 4.78 is 53.3. The predicted octanol–water partition coefficient (Wildman–Crippen LogP) is 3.50. The largest absolute Gasteiger partial charge is 0.325 e. The van der Waals surface area contributed by atoms with E-state index in [1.165, 1.54) is 10.4 Å². The standard InChI is InChI=1S/C23H28N2O5S2/c1-17-11-13-20(14-12-17)32(29,30)25-15-5-10-22(25)23(26)24-18-6-4-9-21(16-18)31(27,28)19-7-2-3-8-19/h4,6,9,11-14,16,19,22H,2-3,5,7-8,10,15H2,1H3,(H,24,26)/t22-/m0/s1. The highest BCUT2D eigenvalue weighted by Gasteiger charge is 2.39. The number of carbonyl (C=O) groups excluding carboxylic acids is 1. The molecule has 1 amide bonds. The van der Waals surface area contributed by atoms with E-state index < -0.39 is 31.8 Å². The molecule has 1 atom stereocenters. The van der Waals surface area contributed by atoms with Crippen LogP contribution in [0.5, 0.6) is 0 Å². The van der Waals surface area contributed by atoms with E-state index in [1.54, 1.807) is 42.5 Å². The normalized spacial score (nSPS) is 20.5. The van der Waals surface area contributed by atoms with Gasteiger partial charge < -0.3 is 5.32 Å². The molecule has 1 heterocycles. The van der Waals surface area contributed by atoms with Gasteiger partial charge in [0.05, 0.1) is 15.0 Å². The van der Waals surface area contributed by atoms with Crippen LogP contribution in [0.25, 0.3) is 0 Å². The average Bonchev–Trinajstić information content (AvgIpc) is 3.47. The minimum atomic E-state index is -3.81. The lowest BCUT2D eigenvalue weighted by Crippen LogP contribution is -2.43. The molecule has 0 unspecified atom stereocenters. The maximum absolute atomic E-state index is 13.1. The molecule has 2 fully saturated rings. The molecule has 4 rings (SSSR count). The van der Waals surface area contributed by atoms with Gasteiger partial charge in [-0.3, -0.25) is 4.79 Å². The number of rotatable bonds is 6. The molecule has 2 aromatic rings. The molecule has 32 heavy (non-hydrogen) atoms. The topological polar surface area (TPSA) is 101 Å². The van der Waals surface area contributed by atoms with Crippen molar-refractivity contribution in [3.63, 3.8) is 0 Å². The summed E-state index contributed by atoms with van der Waals surface area (Å²) in [6, 6.07) is 12.0. The molecular weight excluding hydrogens is 448 g/mol. The zero-order valence-corrected chi connectivity index (χ0v) is 19.7. The van der Waals surface area contributed by atoms with Crippen LogP contribution in [0.15, 0.2) is 58.3 Å². The van der Waals surface area contributed by atoms with E-state index >= 15 is 0 Å². The molecule has 0 aromatic heterocycles. The number of anilines is 1. The minimum absolute atomic E-state index is 0.160. The van der Waals surface area contributed by atoms with Gasteiger partial charge in [-0.05, 0) is 62.9 Å². The lowest BCUT2D eigenvalue weighted by Gasteiger charge is -2.23. The van der Waals surface area contributed by atoms with Crippen LogP contribution < -0.4 is 5.32 Å². The van der Waals surface area contributed by atoms with Crippen LogP contribution in [-0.4, -0.2) is 44.9 Å². The number of benzene rings is 2. The molecule has 7 nitrogen and oxygen atoms in total. The molecule has 1 N–H and O–H groups in total. The first-order valence-corrected chi connectivity index (χ1v) is 13.9. The Morgan fingerprint density at radius 3 is 2.28 bits per heavy atom. The summed E-state index contributed by atoms with van der Waals surface area (Å²) in [5.74, 6) is -0.450. The van der Waals surface area contributed by atoms with E-state index in [2.05, 4.69) is 5.32 Å². The Hall–Kier alpha value is -2.23. The number of amides is 1.